The first-order chi connectivity index (χ1) is 15.4. The highest BCUT2D eigenvalue weighted by Crippen LogP contribution is 2.34. The molecule has 1 aliphatic rings. The van der Waals surface area contributed by atoms with Crippen molar-refractivity contribution in [2.75, 3.05) is 11.9 Å². The number of carbonyl (C=O) groups is 1. The molecule has 3 heterocycles. The summed E-state index contributed by atoms with van der Waals surface area (Å²) < 4.78 is 1.89. The van der Waals surface area contributed by atoms with Gasteiger partial charge in [-0.3, -0.25) is 18.9 Å². The number of rotatable bonds is 6. The van der Waals surface area contributed by atoms with Gasteiger partial charge in [-0.2, -0.15) is 0 Å². The number of hydrogen-bond acceptors (Lipinski definition) is 6. The van der Waals surface area contributed by atoms with Crippen molar-refractivity contribution < 1.29 is 4.79 Å². The average molecular weight is 483 g/mol. The second-order valence-electron chi connectivity index (χ2n) is 7.09. The number of fused-ring (bicyclic) bond motifs is 1. The molecule has 162 valence electrons. The van der Waals surface area contributed by atoms with Crippen molar-refractivity contribution in [3.8, 4) is 0 Å². The lowest BCUT2D eigenvalue weighted by molar-refractivity contribution is -0.122. The third-order valence-electron chi connectivity index (χ3n) is 4.93. The molecule has 2 aromatic heterocycles. The van der Waals surface area contributed by atoms with Crippen molar-refractivity contribution >= 4 is 63.3 Å². The highest BCUT2D eigenvalue weighted by atomic mass is 35.5. The smallest absolute Gasteiger partial charge is 0.267 e. The van der Waals surface area contributed by atoms with Gasteiger partial charge in [0, 0.05) is 17.8 Å². The second kappa shape index (κ2) is 9.28. The Balaban J connectivity index is 1.76. The first kappa shape index (κ1) is 22.3. The monoisotopic (exact) mass is 482 g/mol. The normalized spacial score (nSPS) is 15.1. The van der Waals surface area contributed by atoms with Crippen LogP contribution in [-0.2, 0) is 11.3 Å². The minimum atomic E-state index is -0.276. The number of halogens is 1. The zero-order valence-electron chi connectivity index (χ0n) is 17.2. The predicted octanol–water partition coefficient (Wildman–Crippen LogP) is 4.66. The van der Waals surface area contributed by atoms with Crippen LogP contribution in [0.5, 0.6) is 0 Å². The fourth-order valence-corrected chi connectivity index (χ4v) is 4.74. The maximum Gasteiger partial charge on any atom is 0.267 e. The zero-order chi connectivity index (χ0) is 22.8. The molecular weight excluding hydrogens is 464 g/mol. The Bertz CT molecular complexity index is 1350. The van der Waals surface area contributed by atoms with Gasteiger partial charge in [-0.25, -0.2) is 4.98 Å². The van der Waals surface area contributed by atoms with Crippen molar-refractivity contribution in [3.05, 3.63) is 92.2 Å². The summed E-state index contributed by atoms with van der Waals surface area (Å²) in [6, 6.07) is 11.0. The Hall–Kier alpha value is -2.94. The first-order valence-corrected chi connectivity index (χ1v) is 11.4. The van der Waals surface area contributed by atoms with Crippen molar-refractivity contribution in [1.29, 1.82) is 0 Å². The number of hydrogen-bond donors (Lipinski definition) is 1. The lowest BCUT2D eigenvalue weighted by Gasteiger charge is -2.15. The van der Waals surface area contributed by atoms with Crippen LogP contribution in [0, 0.1) is 6.92 Å². The van der Waals surface area contributed by atoms with E-state index in [1.807, 2.05) is 31.2 Å². The lowest BCUT2D eigenvalue weighted by atomic mass is 10.2. The molecule has 1 amide bonds. The number of benzene rings is 1. The number of nitrogens with one attached hydrogen (secondary N) is 1. The number of thiocarbonyl (C=S) groups is 1. The van der Waals surface area contributed by atoms with E-state index in [1.165, 1.54) is 9.30 Å². The maximum atomic E-state index is 13.3. The van der Waals surface area contributed by atoms with Crippen molar-refractivity contribution in [3.63, 3.8) is 0 Å². The highest BCUT2D eigenvalue weighted by molar-refractivity contribution is 8.26. The molecule has 0 radical (unpaired) electrons. The van der Waals surface area contributed by atoms with Gasteiger partial charge in [0.25, 0.3) is 11.5 Å². The van der Waals surface area contributed by atoms with Crippen LogP contribution in [0.4, 0.5) is 5.82 Å². The molecule has 3 aromatic rings. The summed E-state index contributed by atoms with van der Waals surface area (Å²) >= 11 is 12.8. The molecule has 0 saturated carbocycles. The van der Waals surface area contributed by atoms with E-state index >= 15 is 0 Å². The largest absolute Gasteiger partial charge is 0.366 e. The lowest BCUT2D eigenvalue weighted by Crippen LogP contribution is -2.27. The maximum absolute atomic E-state index is 13.3. The standard InChI is InChI=1S/C23H19ClN4O2S2/c1-3-10-25-19-16(21(29)27-11-6-7-14(2)20(27)26-19)12-18-22(30)28(23(31)32-18)13-15-8-4-5-9-17(15)24/h3-9,11-12,25H,1,10,13H2,2H3. The SMILES string of the molecule is C=CCNc1nc2c(C)cccn2c(=O)c1C=C1SC(=S)N(Cc2ccccc2Cl)C1=O. The third kappa shape index (κ3) is 4.21. The molecule has 9 heteroatoms. The molecule has 0 atom stereocenters. The zero-order valence-corrected chi connectivity index (χ0v) is 19.6. The number of thioether (sulfide) groups is 1. The average Bonchev–Trinajstić information content (AvgIpc) is 3.04. The van der Waals surface area contributed by atoms with E-state index in [4.69, 9.17) is 23.8 Å². The Morgan fingerprint density at radius 2 is 2.03 bits per heavy atom. The molecule has 1 aliphatic heterocycles. The number of anilines is 1. The molecule has 1 aromatic carbocycles. The quantitative estimate of drug-likeness (QED) is 0.313. The molecule has 0 aliphatic carbocycles. The van der Waals surface area contributed by atoms with Crippen molar-refractivity contribution in [1.82, 2.24) is 14.3 Å². The van der Waals surface area contributed by atoms with E-state index < -0.39 is 0 Å². The van der Waals surface area contributed by atoms with Gasteiger partial charge in [0.1, 0.15) is 15.8 Å². The van der Waals surface area contributed by atoms with E-state index in [0.717, 1.165) is 22.9 Å². The fourth-order valence-electron chi connectivity index (χ4n) is 3.31. The van der Waals surface area contributed by atoms with Gasteiger partial charge in [0.15, 0.2) is 0 Å². The molecule has 0 spiro atoms. The van der Waals surface area contributed by atoms with Gasteiger partial charge in [-0.05, 0) is 36.3 Å². The molecule has 0 unspecified atom stereocenters. The fraction of sp³-hybridized carbons (Fsp3) is 0.130. The molecule has 1 N–H and O–H groups in total. The number of nitrogens with zero attached hydrogens (tertiary/aromatic N) is 3. The molecule has 32 heavy (non-hydrogen) atoms. The molecule has 4 rings (SSSR count). The van der Waals surface area contributed by atoms with Gasteiger partial charge < -0.3 is 5.32 Å². The van der Waals surface area contributed by atoms with Crippen LogP contribution in [0.1, 0.15) is 16.7 Å². The number of amides is 1. The first-order valence-electron chi connectivity index (χ1n) is 9.76. The number of aromatic nitrogens is 2. The molecule has 1 fully saturated rings. The van der Waals surface area contributed by atoms with Crippen LogP contribution in [0.2, 0.25) is 5.02 Å². The Morgan fingerprint density at radius 3 is 2.78 bits per heavy atom. The van der Waals surface area contributed by atoms with Crippen LogP contribution in [0.3, 0.4) is 0 Å². The van der Waals surface area contributed by atoms with Gasteiger partial charge in [-0.15, -0.1) is 6.58 Å². The number of carbonyl (C=O) groups excluding carboxylic acids is 1. The van der Waals surface area contributed by atoms with Crippen molar-refractivity contribution in [2.45, 2.75) is 13.5 Å². The van der Waals surface area contributed by atoms with E-state index in [9.17, 15) is 9.59 Å². The summed E-state index contributed by atoms with van der Waals surface area (Å²) in [5.74, 6) is 0.115. The van der Waals surface area contributed by atoms with Crippen LogP contribution >= 0.6 is 35.6 Å². The number of pyridine rings is 1. The van der Waals surface area contributed by atoms with Crippen LogP contribution in [0.15, 0.2) is 64.9 Å². The predicted molar refractivity (Wildman–Crippen MR) is 135 cm³/mol. The van der Waals surface area contributed by atoms with Gasteiger partial charge in [0.05, 0.1) is 17.0 Å². The summed E-state index contributed by atoms with van der Waals surface area (Å²) in [5.41, 5.74) is 2.22. The van der Waals surface area contributed by atoms with Gasteiger partial charge >= 0.3 is 0 Å². The minimum absolute atomic E-state index is 0.261. The topological polar surface area (TPSA) is 66.7 Å². The third-order valence-corrected chi connectivity index (χ3v) is 6.68. The highest BCUT2D eigenvalue weighted by Gasteiger charge is 2.33. The van der Waals surface area contributed by atoms with Crippen molar-refractivity contribution in [2.24, 2.45) is 0 Å². The van der Waals surface area contributed by atoms with Gasteiger partial charge in [0.2, 0.25) is 0 Å². The van der Waals surface area contributed by atoms with E-state index in [2.05, 4.69) is 16.9 Å². The molecule has 0 bridgehead atoms. The molecule has 6 nitrogen and oxygen atoms in total. The van der Waals surface area contributed by atoms with Crippen LogP contribution in [-0.4, -0.2) is 31.1 Å². The molecular formula is C23H19ClN4O2S2. The summed E-state index contributed by atoms with van der Waals surface area (Å²) in [7, 11) is 0. The Morgan fingerprint density at radius 1 is 1.25 bits per heavy atom. The summed E-state index contributed by atoms with van der Waals surface area (Å²) in [5, 5.41) is 3.67. The van der Waals surface area contributed by atoms with Gasteiger partial charge in [-0.1, -0.05) is 65.9 Å². The summed E-state index contributed by atoms with van der Waals surface area (Å²) in [6.45, 7) is 6.28. The minimum Gasteiger partial charge on any atom is -0.366 e. The number of aryl methyl sites for hydroxylation is 1. The summed E-state index contributed by atoms with van der Waals surface area (Å²) in [6.07, 6.45) is 4.89. The van der Waals surface area contributed by atoms with Crippen LogP contribution < -0.4 is 10.9 Å². The molecule has 1 saturated heterocycles. The summed E-state index contributed by atoms with van der Waals surface area (Å²) in [4.78, 5) is 32.9. The van der Waals surface area contributed by atoms with E-state index in [1.54, 1.807) is 30.5 Å². The Kier molecular flexibility index (Phi) is 6.45. The van der Waals surface area contributed by atoms with E-state index in [-0.39, 0.29) is 23.6 Å². The van der Waals surface area contributed by atoms with E-state index in [0.29, 0.717) is 32.3 Å². The Labute approximate surface area is 199 Å². The van der Waals surface area contributed by atoms with Crippen LogP contribution in [0.25, 0.3) is 11.7 Å². The second-order valence-corrected chi connectivity index (χ2v) is 9.18.